The van der Waals surface area contributed by atoms with Crippen molar-refractivity contribution >= 4 is 0 Å². The van der Waals surface area contributed by atoms with Crippen molar-refractivity contribution < 1.29 is 17.6 Å². The van der Waals surface area contributed by atoms with Crippen LogP contribution in [-0.4, -0.2) is 14.3 Å². The van der Waals surface area contributed by atoms with Gasteiger partial charge >= 0.3 is 11.9 Å². The lowest BCUT2D eigenvalue weighted by atomic mass is 10.2. The second-order valence-corrected chi connectivity index (χ2v) is 3.95. The van der Waals surface area contributed by atoms with Gasteiger partial charge in [-0.15, -0.1) is 5.10 Å². The van der Waals surface area contributed by atoms with Crippen LogP contribution in [0, 0.1) is 5.82 Å². The number of hydrogen-bond acceptors (Lipinski definition) is 2. The molecule has 0 radical (unpaired) electrons. The third kappa shape index (κ3) is 2.67. The summed E-state index contributed by atoms with van der Waals surface area (Å²) < 4.78 is 51.5. The number of alkyl halides is 3. The fourth-order valence-corrected chi connectivity index (χ4v) is 1.60. The summed E-state index contributed by atoms with van der Waals surface area (Å²) in [7, 11) is 0.999. The lowest BCUT2D eigenvalue weighted by Gasteiger charge is -2.02. The van der Waals surface area contributed by atoms with E-state index in [0.29, 0.717) is 14.8 Å². The number of halogens is 4. The highest BCUT2D eigenvalue weighted by Crippen LogP contribution is 2.26. The van der Waals surface area contributed by atoms with E-state index in [1.54, 1.807) is 0 Å². The normalized spacial score (nSPS) is 11.8. The number of nitrogens with zero attached hydrogens (tertiary/aromatic N) is 3. The van der Waals surface area contributed by atoms with E-state index in [9.17, 15) is 22.4 Å². The quantitative estimate of drug-likeness (QED) is 0.784. The maximum absolute atomic E-state index is 12.7. The van der Waals surface area contributed by atoms with Gasteiger partial charge < -0.3 is 0 Å². The molecule has 0 amide bonds. The number of rotatable bonds is 2. The first kappa shape index (κ1) is 13.3. The van der Waals surface area contributed by atoms with E-state index >= 15 is 0 Å². The zero-order valence-corrected chi connectivity index (χ0v) is 9.78. The number of hydrogen-bond donors (Lipinski definition) is 0. The molecule has 0 atom stereocenters. The molecule has 0 aliphatic rings. The Hall–Kier alpha value is -2.12. The second kappa shape index (κ2) is 4.52. The molecule has 0 aliphatic carbocycles. The van der Waals surface area contributed by atoms with Crippen LogP contribution in [0.25, 0.3) is 0 Å². The first-order chi connectivity index (χ1) is 8.79. The second-order valence-electron chi connectivity index (χ2n) is 3.95. The molecule has 0 spiro atoms. The van der Waals surface area contributed by atoms with E-state index in [2.05, 4.69) is 5.10 Å². The van der Waals surface area contributed by atoms with Crippen LogP contribution in [-0.2, 0) is 19.8 Å². The first-order valence-electron chi connectivity index (χ1n) is 5.24. The monoisotopic (exact) mass is 275 g/mol. The highest BCUT2D eigenvalue weighted by atomic mass is 19.4. The van der Waals surface area contributed by atoms with Crippen molar-refractivity contribution in [1.29, 1.82) is 0 Å². The Balaban J connectivity index is 2.37. The molecule has 0 saturated heterocycles. The summed E-state index contributed by atoms with van der Waals surface area (Å²) in [6, 6.07) is 5.08. The van der Waals surface area contributed by atoms with Gasteiger partial charge in [0.05, 0.1) is 6.54 Å². The Morgan fingerprint density at radius 3 is 2.26 bits per heavy atom. The van der Waals surface area contributed by atoms with Crippen LogP contribution >= 0.6 is 0 Å². The maximum Gasteiger partial charge on any atom is 0.451 e. The molecule has 1 aromatic heterocycles. The van der Waals surface area contributed by atoms with Crippen molar-refractivity contribution in [3.63, 3.8) is 0 Å². The Kier molecular flexibility index (Phi) is 3.17. The molecule has 0 fully saturated rings. The lowest BCUT2D eigenvalue weighted by molar-refractivity contribution is -0.147. The molecule has 0 N–H and O–H groups in total. The molecular weight excluding hydrogens is 266 g/mol. The van der Waals surface area contributed by atoms with Gasteiger partial charge in [0.2, 0.25) is 5.82 Å². The van der Waals surface area contributed by atoms with Crippen molar-refractivity contribution in [3.8, 4) is 0 Å². The van der Waals surface area contributed by atoms with Crippen LogP contribution < -0.4 is 5.69 Å². The SMILES string of the molecule is Cn1c(C(F)(F)F)nn(Cc2ccc(F)cc2)c1=O. The fraction of sp³-hybridized carbons (Fsp3) is 0.273. The van der Waals surface area contributed by atoms with Crippen molar-refractivity contribution in [2.24, 2.45) is 7.05 Å². The van der Waals surface area contributed by atoms with Crippen LogP contribution in [0.3, 0.4) is 0 Å². The van der Waals surface area contributed by atoms with Crippen LogP contribution in [0.15, 0.2) is 29.1 Å². The van der Waals surface area contributed by atoms with Crippen LogP contribution in [0.2, 0.25) is 0 Å². The third-order valence-corrected chi connectivity index (χ3v) is 2.54. The molecule has 1 heterocycles. The average Bonchev–Trinajstić information content (AvgIpc) is 2.60. The summed E-state index contributed by atoms with van der Waals surface area (Å²) in [6.07, 6.45) is -4.69. The van der Waals surface area contributed by atoms with Gasteiger partial charge in [0.15, 0.2) is 0 Å². The fourth-order valence-electron chi connectivity index (χ4n) is 1.60. The van der Waals surface area contributed by atoms with Gasteiger partial charge in [-0.2, -0.15) is 13.2 Å². The largest absolute Gasteiger partial charge is 0.451 e. The topological polar surface area (TPSA) is 39.8 Å². The van der Waals surface area contributed by atoms with Gasteiger partial charge in [-0.1, -0.05) is 12.1 Å². The molecule has 0 saturated carbocycles. The van der Waals surface area contributed by atoms with Gasteiger partial charge in [0.25, 0.3) is 0 Å². The molecule has 19 heavy (non-hydrogen) atoms. The van der Waals surface area contributed by atoms with E-state index in [1.165, 1.54) is 12.1 Å². The zero-order valence-electron chi connectivity index (χ0n) is 9.78. The molecule has 0 aliphatic heterocycles. The van der Waals surface area contributed by atoms with E-state index in [-0.39, 0.29) is 6.54 Å². The summed E-state index contributed by atoms with van der Waals surface area (Å²) in [6.45, 7) is -0.150. The Morgan fingerprint density at radius 1 is 1.21 bits per heavy atom. The zero-order chi connectivity index (χ0) is 14.2. The molecule has 4 nitrogen and oxygen atoms in total. The minimum atomic E-state index is -4.69. The molecule has 2 rings (SSSR count). The average molecular weight is 275 g/mol. The molecule has 2 aromatic rings. The molecule has 0 bridgehead atoms. The predicted octanol–water partition coefficient (Wildman–Crippen LogP) is 1.79. The Labute approximate surface area is 104 Å². The van der Waals surface area contributed by atoms with Crippen molar-refractivity contribution in [2.75, 3.05) is 0 Å². The molecular formula is C11H9F4N3O. The lowest BCUT2D eigenvalue weighted by Crippen LogP contribution is -2.24. The minimum absolute atomic E-state index is 0.150. The van der Waals surface area contributed by atoms with Gasteiger partial charge in [0, 0.05) is 7.05 Å². The molecule has 8 heteroatoms. The predicted molar refractivity (Wildman–Crippen MR) is 58.0 cm³/mol. The number of aromatic nitrogens is 3. The van der Waals surface area contributed by atoms with Crippen LogP contribution in [0.1, 0.15) is 11.4 Å². The molecule has 102 valence electrons. The third-order valence-electron chi connectivity index (χ3n) is 2.54. The van der Waals surface area contributed by atoms with Gasteiger partial charge in [-0.3, -0.25) is 4.57 Å². The highest BCUT2D eigenvalue weighted by molar-refractivity contribution is 5.16. The van der Waals surface area contributed by atoms with Crippen molar-refractivity contribution in [1.82, 2.24) is 14.3 Å². The minimum Gasteiger partial charge on any atom is -0.274 e. The summed E-state index contributed by atoms with van der Waals surface area (Å²) >= 11 is 0. The van der Waals surface area contributed by atoms with E-state index in [4.69, 9.17) is 0 Å². The van der Waals surface area contributed by atoms with Gasteiger partial charge in [-0.05, 0) is 17.7 Å². The molecule has 1 aromatic carbocycles. The van der Waals surface area contributed by atoms with E-state index in [1.807, 2.05) is 0 Å². The summed E-state index contributed by atoms with van der Waals surface area (Å²) in [5, 5.41) is 3.25. The first-order valence-corrected chi connectivity index (χ1v) is 5.24. The van der Waals surface area contributed by atoms with Crippen molar-refractivity contribution in [2.45, 2.75) is 12.7 Å². The van der Waals surface area contributed by atoms with E-state index < -0.39 is 23.5 Å². The summed E-state index contributed by atoms with van der Waals surface area (Å²) in [5.74, 6) is -1.73. The van der Waals surface area contributed by atoms with Gasteiger partial charge in [-0.25, -0.2) is 13.9 Å². The summed E-state index contributed by atoms with van der Waals surface area (Å²) in [4.78, 5) is 11.6. The van der Waals surface area contributed by atoms with Crippen molar-refractivity contribution in [3.05, 3.63) is 52.0 Å². The number of benzene rings is 1. The standard InChI is InChI=1S/C11H9F4N3O/c1-17-9(11(13,14)15)16-18(10(17)19)6-7-2-4-8(12)5-3-7/h2-5H,6H2,1H3. The maximum atomic E-state index is 12.7. The van der Waals surface area contributed by atoms with Crippen LogP contribution in [0.4, 0.5) is 17.6 Å². The highest BCUT2D eigenvalue weighted by Gasteiger charge is 2.37. The smallest absolute Gasteiger partial charge is 0.274 e. The van der Waals surface area contributed by atoms with Crippen LogP contribution in [0.5, 0.6) is 0 Å². The van der Waals surface area contributed by atoms with E-state index in [0.717, 1.165) is 19.2 Å². The summed E-state index contributed by atoms with van der Waals surface area (Å²) in [5.41, 5.74) is -0.396. The Bertz CT molecular complexity index is 639. The Morgan fingerprint density at radius 2 is 1.79 bits per heavy atom. The van der Waals surface area contributed by atoms with Gasteiger partial charge in [0.1, 0.15) is 5.82 Å². The molecule has 0 unspecified atom stereocenters.